The van der Waals surface area contributed by atoms with Crippen LogP contribution in [0, 0.1) is 12.7 Å². The van der Waals surface area contributed by atoms with Gasteiger partial charge in [-0.25, -0.2) is 14.4 Å². The van der Waals surface area contributed by atoms with Crippen LogP contribution in [0.3, 0.4) is 0 Å². The van der Waals surface area contributed by atoms with Crippen molar-refractivity contribution in [3.05, 3.63) is 83.3 Å². The Morgan fingerprint density at radius 2 is 1.94 bits per heavy atom. The van der Waals surface area contributed by atoms with E-state index in [1.165, 1.54) is 23.9 Å². The van der Waals surface area contributed by atoms with Gasteiger partial charge in [0, 0.05) is 17.6 Å². The minimum atomic E-state index is -0.260. The van der Waals surface area contributed by atoms with Crippen LogP contribution in [0.5, 0.6) is 0 Å². The summed E-state index contributed by atoms with van der Waals surface area (Å²) >= 11 is 1.50. The molecular formula is C24H23FN4OS. The lowest BCUT2D eigenvalue weighted by Crippen LogP contribution is -2.21. The van der Waals surface area contributed by atoms with Crippen molar-refractivity contribution in [1.29, 1.82) is 0 Å². The first kappa shape index (κ1) is 21.1. The first-order valence-corrected chi connectivity index (χ1v) is 11.1. The number of halogens is 1. The average molecular weight is 435 g/mol. The molecule has 1 amide bonds. The van der Waals surface area contributed by atoms with Gasteiger partial charge in [-0.15, -0.1) is 0 Å². The van der Waals surface area contributed by atoms with Crippen molar-refractivity contribution >= 4 is 34.5 Å². The molecule has 0 unspecified atom stereocenters. The number of carbonyl (C=O) groups is 1. The zero-order valence-electron chi connectivity index (χ0n) is 17.4. The minimum absolute atomic E-state index is 0.108. The van der Waals surface area contributed by atoms with Gasteiger partial charge in [0.2, 0.25) is 5.91 Å². The molecule has 0 aliphatic rings. The van der Waals surface area contributed by atoms with E-state index in [-0.39, 0.29) is 18.3 Å². The molecule has 158 valence electrons. The molecule has 0 saturated heterocycles. The molecular weight excluding hydrogens is 411 g/mol. The van der Waals surface area contributed by atoms with Crippen molar-refractivity contribution in [2.75, 3.05) is 5.32 Å². The third-order valence-corrected chi connectivity index (χ3v) is 6.10. The van der Waals surface area contributed by atoms with Gasteiger partial charge in [-0.2, -0.15) is 0 Å². The van der Waals surface area contributed by atoms with Crippen molar-refractivity contribution in [2.24, 2.45) is 0 Å². The summed E-state index contributed by atoms with van der Waals surface area (Å²) in [5.41, 5.74) is 5.39. The van der Waals surface area contributed by atoms with Gasteiger partial charge in [-0.3, -0.25) is 9.36 Å². The Morgan fingerprint density at radius 3 is 2.71 bits per heavy atom. The van der Waals surface area contributed by atoms with Crippen LogP contribution in [0.1, 0.15) is 23.6 Å². The van der Waals surface area contributed by atoms with Gasteiger partial charge >= 0.3 is 0 Å². The average Bonchev–Trinajstić information content (AvgIpc) is 3.12. The van der Waals surface area contributed by atoms with Crippen LogP contribution in [0.4, 0.5) is 10.1 Å². The number of aromatic nitrogens is 3. The highest BCUT2D eigenvalue weighted by molar-refractivity contribution is 7.98. The number of thioether (sulfide) groups is 1. The van der Waals surface area contributed by atoms with Crippen molar-refractivity contribution < 1.29 is 9.18 Å². The van der Waals surface area contributed by atoms with Gasteiger partial charge in [0.15, 0.2) is 10.8 Å². The molecule has 0 aliphatic carbocycles. The predicted octanol–water partition coefficient (Wildman–Crippen LogP) is 5.37. The lowest BCUT2D eigenvalue weighted by molar-refractivity contribution is -0.116. The van der Waals surface area contributed by atoms with E-state index in [4.69, 9.17) is 0 Å². The number of para-hydroxylation sites is 1. The largest absolute Gasteiger partial charge is 0.324 e. The molecule has 0 atom stereocenters. The van der Waals surface area contributed by atoms with Crippen LogP contribution in [0.2, 0.25) is 0 Å². The molecule has 5 nitrogen and oxygen atoms in total. The molecule has 31 heavy (non-hydrogen) atoms. The van der Waals surface area contributed by atoms with E-state index in [1.54, 1.807) is 18.3 Å². The summed E-state index contributed by atoms with van der Waals surface area (Å²) in [6.07, 6.45) is 2.54. The molecule has 4 rings (SSSR count). The number of benzene rings is 2. The number of rotatable bonds is 7. The van der Waals surface area contributed by atoms with Gasteiger partial charge in [0.25, 0.3) is 0 Å². The molecule has 2 aromatic carbocycles. The second-order valence-corrected chi connectivity index (χ2v) is 8.20. The van der Waals surface area contributed by atoms with E-state index in [0.717, 1.165) is 34.3 Å². The van der Waals surface area contributed by atoms with Crippen molar-refractivity contribution in [3.8, 4) is 0 Å². The molecule has 1 N–H and O–H groups in total. The highest BCUT2D eigenvalue weighted by atomic mass is 32.2. The van der Waals surface area contributed by atoms with E-state index < -0.39 is 0 Å². The summed E-state index contributed by atoms with van der Waals surface area (Å²) in [5, 5.41) is 3.78. The number of carbonyl (C=O) groups excluding carboxylic acids is 1. The van der Waals surface area contributed by atoms with Gasteiger partial charge in [0.1, 0.15) is 17.9 Å². The number of aryl methyl sites for hydroxylation is 2. The Labute approximate surface area is 184 Å². The Morgan fingerprint density at radius 1 is 1.13 bits per heavy atom. The van der Waals surface area contributed by atoms with E-state index in [1.807, 2.05) is 41.8 Å². The van der Waals surface area contributed by atoms with Crippen LogP contribution in [0.15, 0.2) is 66.0 Å². The number of nitrogens with zero attached hydrogens (tertiary/aromatic N) is 3. The van der Waals surface area contributed by atoms with E-state index in [9.17, 15) is 9.18 Å². The van der Waals surface area contributed by atoms with Gasteiger partial charge in [0.05, 0.1) is 0 Å². The summed E-state index contributed by atoms with van der Waals surface area (Å²) in [4.78, 5) is 22.1. The van der Waals surface area contributed by atoms with Crippen LogP contribution in [-0.2, 0) is 23.5 Å². The SMILES string of the molecule is CCc1cccc(C)c1NC(=O)Cn1c(SCc2ccc(F)cc2)nc2cccnc21. The van der Waals surface area contributed by atoms with Crippen molar-refractivity contribution in [3.63, 3.8) is 0 Å². The minimum Gasteiger partial charge on any atom is -0.324 e. The second-order valence-electron chi connectivity index (χ2n) is 7.25. The molecule has 0 fully saturated rings. The van der Waals surface area contributed by atoms with Crippen LogP contribution < -0.4 is 5.32 Å². The third kappa shape index (κ3) is 4.77. The molecule has 2 heterocycles. The van der Waals surface area contributed by atoms with Gasteiger partial charge in [-0.05, 0) is 54.3 Å². The number of amides is 1. The molecule has 0 saturated carbocycles. The number of imidazole rings is 1. The van der Waals surface area contributed by atoms with Crippen LogP contribution in [0.25, 0.3) is 11.2 Å². The molecule has 0 radical (unpaired) electrons. The number of anilines is 1. The predicted molar refractivity (Wildman–Crippen MR) is 123 cm³/mol. The van der Waals surface area contributed by atoms with Gasteiger partial charge in [-0.1, -0.05) is 49.0 Å². The molecule has 0 aliphatic heterocycles. The number of hydrogen-bond donors (Lipinski definition) is 1. The first-order valence-electron chi connectivity index (χ1n) is 10.1. The third-order valence-electron chi connectivity index (χ3n) is 5.06. The highest BCUT2D eigenvalue weighted by Gasteiger charge is 2.16. The fourth-order valence-corrected chi connectivity index (χ4v) is 4.40. The lowest BCUT2D eigenvalue weighted by atomic mass is 10.1. The maximum Gasteiger partial charge on any atom is 0.244 e. The monoisotopic (exact) mass is 434 g/mol. The van der Waals surface area contributed by atoms with E-state index in [0.29, 0.717) is 16.6 Å². The molecule has 0 bridgehead atoms. The van der Waals surface area contributed by atoms with Crippen molar-refractivity contribution in [2.45, 2.75) is 37.7 Å². The van der Waals surface area contributed by atoms with E-state index in [2.05, 4.69) is 22.2 Å². The number of fused-ring (bicyclic) bond motifs is 1. The first-order chi connectivity index (χ1) is 15.0. The summed E-state index contributed by atoms with van der Waals surface area (Å²) in [6.45, 7) is 4.17. The lowest BCUT2D eigenvalue weighted by Gasteiger charge is -2.14. The molecule has 7 heteroatoms. The Kier molecular flexibility index (Phi) is 6.32. The Hall–Kier alpha value is -3.19. The topological polar surface area (TPSA) is 59.8 Å². The fourth-order valence-electron chi connectivity index (χ4n) is 3.44. The Bertz CT molecular complexity index is 1220. The second kappa shape index (κ2) is 9.31. The maximum atomic E-state index is 13.2. The number of pyridine rings is 1. The van der Waals surface area contributed by atoms with E-state index >= 15 is 0 Å². The molecule has 2 aromatic heterocycles. The van der Waals surface area contributed by atoms with Gasteiger partial charge < -0.3 is 5.32 Å². The summed E-state index contributed by atoms with van der Waals surface area (Å²) < 4.78 is 15.0. The quantitative estimate of drug-likeness (QED) is 0.397. The molecule has 0 spiro atoms. The highest BCUT2D eigenvalue weighted by Crippen LogP contribution is 2.27. The number of hydrogen-bond acceptors (Lipinski definition) is 4. The fraction of sp³-hybridized carbons (Fsp3) is 0.208. The van der Waals surface area contributed by atoms with Crippen LogP contribution >= 0.6 is 11.8 Å². The van der Waals surface area contributed by atoms with Crippen LogP contribution in [-0.4, -0.2) is 20.4 Å². The standard InChI is InChI=1S/C24H23FN4OS/c1-3-18-7-4-6-16(2)22(18)28-21(30)14-29-23-20(8-5-13-26-23)27-24(29)31-15-17-9-11-19(25)12-10-17/h4-13H,3,14-15H2,1-2H3,(H,28,30). The zero-order valence-corrected chi connectivity index (χ0v) is 18.2. The summed E-state index contributed by atoms with van der Waals surface area (Å²) in [5.74, 6) is 0.227. The Balaban J connectivity index is 1.58. The maximum absolute atomic E-state index is 13.2. The zero-order chi connectivity index (χ0) is 21.8. The number of nitrogens with one attached hydrogen (secondary N) is 1. The van der Waals surface area contributed by atoms with Crippen molar-refractivity contribution in [1.82, 2.24) is 14.5 Å². The summed E-state index contributed by atoms with van der Waals surface area (Å²) in [7, 11) is 0. The smallest absolute Gasteiger partial charge is 0.244 e. The summed E-state index contributed by atoms with van der Waals surface area (Å²) in [6, 6.07) is 16.1. The molecule has 4 aromatic rings. The normalized spacial score (nSPS) is 11.1.